The van der Waals surface area contributed by atoms with Crippen molar-refractivity contribution in [3.05, 3.63) is 52.7 Å². The number of aromatic nitrogens is 2. The van der Waals surface area contributed by atoms with Gasteiger partial charge in [-0.1, -0.05) is 12.1 Å². The molecule has 17 heavy (non-hydrogen) atoms. The van der Waals surface area contributed by atoms with Gasteiger partial charge in [0.2, 0.25) is 0 Å². The Morgan fingerprint density at radius 1 is 1.35 bits per heavy atom. The van der Waals surface area contributed by atoms with E-state index in [0.717, 1.165) is 0 Å². The third-order valence-electron chi connectivity index (χ3n) is 2.27. The summed E-state index contributed by atoms with van der Waals surface area (Å²) < 4.78 is 5.50. The van der Waals surface area contributed by atoms with Gasteiger partial charge in [-0.3, -0.25) is 4.79 Å². The van der Waals surface area contributed by atoms with Crippen LogP contribution in [0.1, 0.15) is 5.69 Å². The first-order chi connectivity index (χ1) is 8.25. The lowest BCUT2D eigenvalue weighted by Crippen LogP contribution is -2.10. The van der Waals surface area contributed by atoms with Crippen molar-refractivity contribution >= 4 is 5.69 Å². The summed E-state index contributed by atoms with van der Waals surface area (Å²) in [6.45, 7) is 0.435. The number of hydrogen-bond acceptors (Lipinski definition) is 4. The number of benzene rings is 1. The molecule has 1 aromatic heterocycles. The molecule has 0 fully saturated rings. The molecule has 0 saturated carbocycles. The average Bonchev–Trinajstić information content (AvgIpc) is 2.32. The van der Waals surface area contributed by atoms with Crippen LogP contribution < -0.4 is 16.0 Å². The summed E-state index contributed by atoms with van der Waals surface area (Å²) in [5.41, 5.74) is 6.87. The van der Waals surface area contributed by atoms with E-state index >= 15 is 0 Å². The number of nitrogens with zero attached hydrogens (tertiary/aromatic N) is 1. The highest BCUT2D eigenvalue weighted by Gasteiger charge is 2.00. The predicted octanol–water partition coefficient (Wildman–Crippen LogP) is 0.974. The Kier molecular flexibility index (Phi) is 3.40. The van der Waals surface area contributed by atoms with Crippen molar-refractivity contribution in [1.82, 2.24) is 9.97 Å². The summed E-state index contributed by atoms with van der Waals surface area (Å²) in [4.78, 5) is 17.5. The van der Waals surface area contributed by atoms with Gasteiger partial charge in [-0.05, 0) is 12.1 Å². The number of hydrogen-bond donors (Lipinski definition) is 2. The third-order valence-corrected chi connectivity index (χ3v) is 2.27. The second-order valence-corrected chi connectivity index (χ2v) is 3.54. The Bertz CT molecular complexity index is 551. The highest BCUT2D eigenvalue weighted by molar-refractivity contribution is 5.51. The summed E-state index contributed by atoms with van der Waals surface area (Å²) in [5.74, 6) is 0.650. The normalized spacial score (nSPS) is 10.1. The molecule has 1 aromatic carbocycles. The van der Waals surface area contributed by atoms with Gasteiger partial charge in [0.15, 0.2) is 0 Å². The number of nitrogen functional groups attached to an aromatic ring is 1. The van der Waals surface area contributed by atoms with E-state index in [4.69, 9.17) is 10.5 Å². The molecule has 0 unspecified atom stereocenters. The molecule has 0 atom stereocenters. The van der Waals surface area contributed by atoms with Gasteiger partial charge in [-0.15, -0.1) is 0 Å². The van der Waals surface area contributed by atoms with E-state index in [0.29, 0.717) is 30.2 Å². The van der Waals surface area contributed by atoms with E-state index < -0.39 is 0 Å². The molecule has 0 aliphatic heterocycles. The first-order valence-corrected chi connectivity index (χ1v) is 5.26. The van der Waals surface area contributed by atoms with Crippen molar-refractivity contribution in [1.29, 1.82) is 0 Å². The Morgan fingerprint density at radius 2 is 2.18 bits per heavy atom. The number of anilines is 1. The minimum atomic E-state index is -0.158. The summed E-state index contributed by atoms with van der Waals surface area (Å²) in [7, 11) is 0. The lowest BCUT2D eigenvalue weighted by atomic mass is 10.3. The van der Waals surface area contributed by atoms with Gasteiger partial charge in [-0.25, -0.2) is 4.98 Å². The van der Waals surface area contributed by atoms with Gasteiger partial charge in [-0.2, -0.15) is 0 Å². The van der Waals surface area contributed by atoms with Gasteiger partial charge in [0.1, 0.15) is 5.75 Å². The Balaban J connectivity index is 1.92. The molecular weight excluding hydrogens is 218 g/mol. The minimum Gasteiger partial charge on any atom is -0.491 e. The van der Waals surface area contributed by atoms with Crippen molar-refractivity contribution in [2.45, 2.75) is 6.42 Å². The summed E-state index contributed by atoms with van der Waals surface area (Å²) in [5, 5.41) is 0. The fourth-order valence-electron chi connectivity index (χ4n) is 1.42. The van der Waals surface area contributed by atoms with Crippen molar-refractivity contribution in [2.75, 3.05) is 12.3 Å². The molecule has 0 radical (unpaired) electrons. The van der Waals surface area contributed by atoms with Crippen molar-refractivity contribution in [2.24, 2.45) is 0 Å². The van der Waals surface area contributed by atoms with E-state index in [9.17, 15) is 4.79 Å². The topological polar surface area (TPSA) is 81.0 Å². The fraction of sp³-hybridized carbons (Fsp3) is 0.167. The Hall–Kier alpha value is -2.30. The first-order valence-electron chi connectivity index (χ1n) is 5.26. The molecule has 0 bridgehead atoms. The number of nitrogens with one attached hydrogen (secondary N) is 1. The van der Waals surface area contributed by atoms with Gasteiger partial charge in [0.25, 0.3) is 5.56 Å². The molecule has 88 valence electrons. The fourth-order valence-corrected chi connectivity index (χ4v) is 1.42. The Morgan fingerprint density at radius 3 is 2.94 bits per heavy atom. The number of nitrogens with two attached hydrogens (primary N) is 1. The molecular formula is C12H13N3O2. The number of para-hydroxylation sites is 2. The highest BCUT2D eigenvalue weighted by atomic mass is 16.5. The van der Waals surface area contributed by atoms with Crippen LogP contribution in [0.3, 0.4) is 0 Å². The van der Waals surface area contributed by atoms with E-state index in [-0.39, 0.29) is 5.56 Å². The second kappa shape index (κ2) is 5.16. The van der Waals surface area contributed by atoms with E-state index in [1.165, 1.54) is 12.4 Å². The van der Waals surface area contributed by atoms with Crippen LogP contribution in [0.2, 0.25) is 0 Å². The summed E-state index contributed by atoms with van der Waals surface area (Å²) in [6, 6.07) is 8.75. The molecule has 3 N–H and O–H groups in total. The lowest BCUT2D eigenvalue weighted by Gasteiger charge is -2.07. The van der Waals surface area contributed by atoms with Gasteiger partial charge >= 0.3 is 0 Å². The third kappa shape index (κ3) is 3.07. The average molecular weight is 231 g/mol. The second-order valence-electron chi connectivity index (χ2n) is 3.54. The molecule has 0 spiro atoms. The van der Waals surface area contributed by atoms with Crippen molar-refractivity contribution in [3.8, 4) is 5.75 Å². The number of aromatic amines is 1. The number of H-pyrrole nitrogens is 1. The molecule has 2 aromatic rings. The van der Waals surface area contributed by atoms with Crippen LogP contribution in [0.5, 0.6) is 5.75 Å². The smallest absolute Gasteiger partial charge is 0.250 e. The van der Waals surface area contributed by atoms with Crippen LogP contribution in [0.25, 0.3) is 0 Å². The molecule has 0 amide bonds. The van der Waals surface area contributed by atoms with Gasteiger partial charge < -0.3 is 15.5 Å². The zero-order valence-electron chi connectivity index (χ0n) is 9.22. The van der Waals surface area contributed by atoms with E-state index in [1.54, 1.807) is 12.1 Å². The monoisotopic (exact) mass is 231 g/mol. The maximum absolute atomic E-state index is 11.0. The zero-order valence-corrected chi connectivity index (χ0v) is 9.22. The molecule has 0 saturated heterocycles. The van der Waals surface area contributed by atoms with Crippen molar-refractivity contribution < 1.29 is 4.74 Å². The molecule has 0 aliphatic rings. The number of ether oxygens (including phenoxy) is 1. The lowest BCUT2D eigenvalue weighted by molar-refractivity contribution is 0.322. The molecule has 0 aliphatic carbocycles. The quantitative estimate of drug-likeness (QED) is 0.768. The van der Waals surface area contributed by atoms with Gasteiger partial charge in [0, 0.05) is 12.5 Å². The number of rotatable bonds is 4. The van der Waals surface area contributed by atoms with Crippen LogP contribution in [0, 0.1) is 0 Å². The molecule has 5 heteroatoms. The van der Waals surface area contributed by atoms with Crippen molar-refractivity contribution in [3.63, 3.8) is 0 Å². The van der Waals surface area contributed by atoms with Gasteiger partial charge in [0.05, 0.1) is 24.3 Å². The first kappa shape index (κ1) is 11.2. The predicted molar refractivity (Wildman–Crippen MR) is 64.9 cm³/mol. The SMILES string of the molecule is Nc1ccccc1OCCc1cc(=O)[nH]cn1. The Labute approximate surface area is 98.3 Å². The van der Waals surface area contributed by atoms with E-state index in [1.807, 2.05) is 12.1 Å². The van der Waals surface area contributed by atoms with Crippen LogP contribution in [0.4, 0.5) is 5.69 Å². The van der Waals surface area contributed by atoms with Crippen LogP contribution in [0.15, 0.2) is 41.5 Å². The summed E-state index contributed by atoms with van der Waals surface area (Å²) in [6.07, 6.45) is 1.95. The largest absolute Gasteiger partial charge is 0.491 e. The van der Waals surface area contributed by atoms with E-state index in [2.05, 4.69) is 9.97 Å². The standard InChI is InChI=1S/C12H13N3O2/c13-10-3-1-2-4-11(10)17-6-5-9-7-12(16)15-8-14-9/h1-4,7-8H,5-6,13H2,(H,14,15,16). The molecule has 2 rings (SSSR count). The highest BCUT2D eigenvalue weighted by Crippen LogP contribution is 2.19. The van der Waals surface area contributed by atoms with Crippen LogP contribution in [-0.2, 0) is 6.42 Å². The summed E-state index contributed by atoms with van der Waals surface area (Å²) >= 11 is 0. The maximum atomic E-state index is 11.0. The molecule has 5 nitrogen and oxygen atoms in total. The molecule has 1 heterocycles. The zero-order chi connectivity index (χ0) is 12.1. The van der Waals surface area contributed by atoms with Crippen LogP contribution >= 0.6 is 0 Å². The minimum absolute atomic E-state index is 0.158. The maximum Gasteiger partial charge on any atom is 0.250 e. The van der Waals surface area contributed by atoms with Crippen LogP contribution in [-0.4, -0.2) is 16.6 Å².